The third kappa shape index (κ3) is 3.47. The molecule has 7 rings (SSSR count). The Morgan fingerprint density at radius 2 is 1.62 bits per heavy atom. The topological polar surface area (TPSA) is 30.0 Å². The van der Waals surface area contributed by atoms with Crippen LogP contribution < -0.4 is 0 Å². The van der Waals surface area contributed by atoms with Crippen molar-refractivity contribution in [3.05, 3.63) is 82.3 Å². The van der Waals surface area contributed by atoms with Gasteiger partial charge in [0.1, 0.15) is 11.0 Å². The Morgan fingerprint density at radius 3 is 2.28 bits per heavy atom. The van der Waals surface area contributed by atoms with E-state index in [4.69, 9.17) is 11.6 Å². The van der Waals surface area contributed by atoms with Gasteiger partial charge in [0.25, 0.3) is 0 Å². The maximum absolute atomic E-state index is 13.4. The Morgan fingerprint density at radius 1 is 0.969 bits per heavy atom. The van der Waals surface area contributed by atoms with Crippen molar-refractivity contribution in [2.24, 2.45) is 17.8 Å². The first-order valence-electron chi connectivity index (χ1n) is 11.6. The summed E-state index contributed by atoms with van der Waals surface area (Å²) in [6.07, 6.45) is 11.5. The molecule has 32 heavy (non-hydrogen) atoms. The second kappa shape index (κ2) is 7.52. The third-order valence-corrected chi connectivity index (χ3v) is 8.30. The maximum atomic E-state index is 13.4. The average Bonchev–Trinajstić information content (AvgIpc) is 2.77. The molecule has 0 unspecified atom stereocenters. The first-order chi connectivity index (χ1) is 15.5. The molecule has 2 nitrogen and oxygen atoms in total. The summed E-state index contributed by atoms with van der Waals surface area (Å²) in [4.78, 5) is 17.0. The first kappa shape index (κ1) is 20.1. The third-order valence-electron chi connectivity index (χ3n) is 7.99. The van der Waals surface area contributed by atoms with Crippen LogP contribution in [0.1, 0.15) is 60.0 Å². The molecular formula is C28H25ClFNO. The molecule has 4 heteroatoms. The highest BCUT2D eigenvalue weighted by Gasteiger charge is 2.51. The van der Waals surface area contributed by atoms with Crippen molar-refractivity contribution in [1.82, 2.24) is 4.98 Å². The molecule has 0 atom stereocenters. The molecule has 3 aromatic rings. The molecule has 4 fully saturated rings. The van der Waals surface area contributed by atoms with Gasteiger partial charge in [-0.05, 0) is 97.6 Å². The number of hydrogen-bond donors (Lipinski definition) is 0. The molecule has 0 spiro atoms. The van der Waals surface area contributed by atoms with Crippen molar-refractivity contribution in [3.63, 3.8) is 0 Å². The lowest BCUT2D eigenvalue weighted by Gasteiger charge is -2.57. The summed E-state index contributed by atoms with van der Waals surface area (Å²) in [5.74, 6) is 2.31. The Hall–Kier alpha value is -2.52. The van der Waals surface area contributed by atoms with Crippen molar-refractivity contribution < 1.29 is 9.18 Å². The van der Waals surface area contributed by atoms with E-state index in [0.29, 0.717) is 22.1 Å². The quantitative estimate of drug-likeness (QED) is 0.238. The highest BCUT2D eigenvalue weighted by atomic mass is 35.5. The Balaban J connectivity index is 1.22. The highest BCUT2D eigenvalue weighted by molar-refractivity contribution is 6.31. The number of carbonyl (C=O) groups is 1. The zero-order valence-corrected chi connectivity index (χ0v) is 18.6. The van der Waals surface area contributed by atoms with E-state index in [2.05, 4.69) is 17.1 Å². The van der Waals surface area contributed by atoms with Crippen LogP contribution in [0.4, 0.5) is 4.39 Å². The lowest BCUT2D eigenvalue weighted by Crippen LogP contribution is -2.48. The molecule has 4 aliphatic rings. The zero-order valence-electron chi connectivity index (χ0n) is 17.9. The van der Waals surface area contributed by atoms with Crippen LogP contribution in [0.5, 0.6) is 0 Å². The summed E-state index contributed by atoms with van der Waals surface area (Å²) in [5, 5.41) is 1.03. The van der Waals surface area contributed by atoms with E-state index < -0.39 is 0 Å². The van der Waals surface area contributed by atoms with Gasteiger partial charge in [-0.1, -0.05) is 35.9 Å². The number of allylic oxidation sites excluding steroid dienone is 1. The van der Waals surface area contributed by atoms with E-state index in [0.717, 1.165) is 23.1 Å². The van der Waals surface area contributed by atoms with Gasteiger partial charge in [-0.15, -0.1) is 0 Å². The molecule has 1 aromatic heterocycles. The number of pyridine rings is 1. The van der Waals surface area contributed by atoms with Gasteiger partial charge in [-0.3, -0.25) is 4.79 Å². The van der Waals surface area contributed by atoms with Crippen LogP contribution in [0.2, 0.25) is 5.15 Å². The minimum atomic E-state index is -0.350. The van der Waals surface area contributed by atoms with Crippen molar-refractivity contribution in [2.45, 2.75) is 43.9 Å². The van der Waals surface area contributed by atoms with Gasteiger partial charge in [-0.2, -0.15) is 0 Å². The van der Waals surface area contributed by atoms with Crippen LogP contribution >= 0.6 is 11.6 Å². The number of fused-ring (bicyclic) bond motifs is 1. The molecule has 162 valence electrons. The van der Waals surface area contributed by atoms with Gasteiger partial charge in [0, 0.05) is 22.6 Å². The SMILES string of the molecule is O=C(/C=C/c1cc2ccc(F)cc2nc1Cl)c1ccc(C23CC4CC(CC(C4)C2)C3)cc1. The largest absolute Gasteiger partial charge is 0.289 e. The van der Waals surface area contributed by atoms with Crippen LogP contribution in [0.15, 0.2) is 54.6 Å². The molecule has 4 bridgehead atoms. The van der Waals surface area contributed by atoms with Crippen molar-refractivity contribution >= 4 is 34.4 Å². The minimum Gasteiger partial charge on any atom is -0.289 e. The van der Waals surface area contributed by atoms with E-state index in [1.165, 1.54) is 62.3 Å². The summed E-state index contributed by atoms with van der Waals surface area (Å²) in [7, 11) is 0. The number of hydrogen-bond acceptors (Lipinski definition) is 2. The number of ketones is 1. The van der Waals surface area contributed by atoms with Crippen LogP contribution in [-0.4, -0.2) is 10.8 Å². The Labute approximate surface area is 192 Å². The summed E-state index contributed by atoms with van der Waals surface area (Å²) < 4.78 is 13.4. The maximum Gasteiger partial charge on any atom is 0.185 e. The van der Waals surface area contributed by atoms with Gasteiger partial charge >= 0.3 is 0 Å². The van der Waals surface area contributed by atoms with Gasteiger partial charge in [-0.25, -0.2) is 9.37 Å². The number of rotatable bonds is 4. The summed E-state index contributed by atoms with van der Waals surface area (Å²) >= 11 is 6.26. The van der Waals surface area contributed by atoms with Crippen LogP contribution in [-0.2, 0) is 5.41 Å². The predicted octanol–water partition coefficient (Wildman–Crippen LogP) is 7.39. The minimum absolute atomic E-state index is 0.0580. The van der Waals surface area contributed by atoms with Gasteiger partial charge in [0.2, 0.25) is 0 Å². The molecule has 4 aliphatic carbocycles. The molecule has 4 saturated carbocycles. The number of halogens is 2. The summed E-state index contributed by atoms with van der Waals surface area (Å²) in [6.45, 7) is 0. The van der Waals surface area contributed by atoms with Crippen molar-refractivity contribution in [2.75, 3.05) is 0 Å². The lowest BCUT2D eigenvalue weighted by atomic mass is 9.48. The second-order valence-electron chi connectivity index (χ2n) is 10.2. The number of carbonyl (C=O) groups excluding carboxylic acids is 1. The molecule has 0 amide bonds. The average molecular weight is 446 g/mol. The van der Waals surface area contributed by atoms with Crippen molar-refractivity contribution in [1.29, 1.82) is 0 Å². The van der Waals surface area contributed by atoms with Gasteiger partial charge < -0.3 is 0 Å². The van der Waals surface area contributed by atoms with Crippen molar-refractivity contribution in [3.8, 4) is 0 Å². The molecule has 1 heterocycles. The fraction of sp³-hybridized carbons (Fsp3) is 0.357. The standard InChI is InChI=1S/C28H25ClFNO/c29-27-22(12-21-3-7-24(30)13-25(21)31-27)4-8-26(32)20-1-5-23(6-2-20)28-14-17-9-18(15-28)11-19(10-17)16-28/h1-8,12-13,17-19H,9-11,14-16H2/b8-4+. The fourth-order valence-corrected chi connectivity index (χ4v) is 7.17. The molecule has 2 aromatic carbocycles. The second-order valence-corrected chi connectivity index (χ2v) is 10.5. The number of nitrogens with zero attached hydrogens (tertiary/aromatic N) is 1. The predicted molar refractivity (Wildman–Crippen MR) is 126 cm³/mol. The lowest BCUT2D eigenvalue weighted by molar-refractivity contribution is -0.00519. The van der Waals surface area contributed by atoms with Gasteiger partial charge in [0.15, 0.2) is 5.78 Å². The smallest absolute Gasteiger partial charge is 0.185 e. The zero-order chi connectivity index (χ0) is 21.9. The van der Waals surface area contributed by atoms with E-state index >= 15 is 0 Å². The Bertz CT molecular complexity index is 1210. The summed E-state index contributed by atoms with van der Waals surface area (Å²) in [6, 6.07) is 14.6. The van der Waals surface area contributed by atoms with E-state index in [-0.39, 0.29) is 16.8 Å². The first-order valence-corrected chi connectivity index (χ1v) is 11.9. The molecule has 0 saturated heterocycles. The number of aromatic nitrogens is 1. The molecular weight excluding hydrogens is 421 g/mol. The molecule has 0 N–H and O–H groups in total. The normalized spacial score (nSPS) is 28.6. The Kier molecular flexibility index (Phi) is 4.73. The van der Waals surface area contributed by atoms with Gasteiger partial charge in [0.05, 0.1) is 5.52 Å². The fourth-order valence-electron chi connectivity index (χ4n) is 6.96. The molecule has 0 radical (unpaired) electrons. The van der Waals surface area contributed by atoms with Crippen LogP contribution in [0.3, 0.4) is 0 Å². The number of benzene rings is 2. The highest BCUT2D eigenvalue weighted by Crippen LogP contribution is 2.60. The van der Waals surface area contributed by atoms with Crippen LogP contribution in [0.25, 0.3) is 17.0 Å². The van der Waals surface area contributed by atoms with E-state index in [1.54, 1.807) is 12.1 Å². The monoisotopic (exact) mass is 445 g/mol. The van der Waals surface area contributed by atoms with E-state index in [1.807, 2.05) is 18.2 Å². The molecule has 0 aliphatic heterocycles. The van der Waals surface area contributed by atoms with E-state index in [9.17, 15) is 9.18 Å². The van der Waals surface area contributed by atoms with Crippen LogP contribution in [0, 0.1) is 23.6 Å². The summed E-state index contributed by atoms with van der Waals surface area (Å²) in [5.41, 5.74) is 3.59.